The monoisotopic (exact) mass is 311 g/mol. The zero-order valence-electron chi connectivity index (χ0n) is 13.2. The molecule has 0 saturated carbocycles. The minimum Gasteiger partial charge on any atom is -0.495 e. The zero-order chi connectivity index (χ0) is 15.5. The Balaban J connectivity index is 2.28. The highest BCUT2D eigenvalue weighted by molar-refractivity contribution is 6.32. The Kier molecular flexibility index (Phi) is 5.53. The highest BCUT2D eigenvalue weighted by atomic mass is 35.5. The van der Waals surface area contributed by atoms with Gasteiger partial charge in [-0.2, -0.15) is 0 Å². The number of halogens is 1. The van der Waals surface area contributed by atoms with Crippen molar-refractivity contribution in [3.63, 3.8) is 0 Å². The minimum absolute atomic E-state index is 0.251. The molecule has 0 amide bonds. The summed E-state index contributed by atoms with van der Waals surface area (Å²) < 4.78 is 5.27. The summed E-state index contributed by atoms with van der Waals surface area (Å²) in [5.41, 5.74) is 0.616. The molecule has 1 fully saturated rings. The molecule has 1 aromatic carbocycles. The first kappa shape index (κ1) is 16.6. The molecule has 2 atom stereocenters. The number of hydrogen-bond acceptors (Lipinski definition) is 3. The van der Waals surface area contributed by atoms with Crippen molar-refractivity contribution in [3.05, 3.63) is 28.8 Å². The second-order valence-corrected chi connectivity index (χ2v) is 6.46. The highest BCUT2D eigenvalue weighted by Gasteiger charge is 2.38. The maximum Gasteiger partial charge on any atom is 0.137 e. The van der Waals surface area contributed by atoms with Crippen molar-refractivity contribution in [2.24, 2.45) is 0 Å². The van der Waals surface area contributed by atoms with Gasteiger partial charge in [0.05, 0.1) is 18.2 Å². The lowest BCUT2D eigenvalue weighted by Crippen LogP contribution is -2.52. The summed E-state index contributed by atoms with van der Waals surface area (Å²) in [6.07, 6.45) is 4.07. The number of nitrogens with zero attached hydrogens (tertiary/aromatic N) is 1. The Bertz CT molecular complexity index is 474. The van der Waals surface area contributed by atoms with Gasteiger partial charge < -0.3 is 9.84 Å². The first-order chi connectivity index (χ1) is 10.0. The van der Waals surface area contributed by atoms with Crippen LogP contribution in [0.2, 0.25) is 5.02 Å². The fraction of sp³-hybridized carbons (Fsp3) is 0.647. The fourth-order valence-electron chi connectivity index (χ4n) is 3.20. The maximum atomic E-state index is 11.0. The molecule has 2 rings (SSSR count). The van der Waals surface area contributed by atoms with Crippen LogP contribution in [0.5, 0.6) is 5.75 Å². The van der Waals surface area contributed by atoms with Gasteiger partial charge in [0.25, 0.3) is 0 Å². The minimum atomic E-state index is -0.549. The van der Waals surface area contributed by atoms with Gasteiger partial charge in [-0.1, -0.05) is 31.0 Å². The third-order valence-corrected chi connectivity index (χ3v) is 5.19. The molecule has 2 unspecified atom stereocenters. The van der Waals surface area contributed by atoms with E-state index in [0.29, 0.717) is 10.8 Å². The van der Waals surface area contributed by atoms with Crippen LogP contribution in [0.1, 0.15) is 51.2 Å². The standard InChI is InChI=1S/C17H26ClNO2/c1-4-17(2,19-10-6-5-7-11-19)16(20)13-8-9-14(18)15(12-13)21-3/h8-9,12,16,20H,4-7,10-11H2,1-3H3. The van der Waals surface area contributed by atoms with Gasteiger partial charge in [-0.25, -0.2) is 0 Å². The predicted octanol–water partition coefficient (Wildman–Crippen LogP) is 4.04. The molecule has 0 aliphatic carbocycles. The van der Waals surface area contributed by atoms with E-state index in [1.807, 2.05) is 12.1 Å². The lowest BCUT2D eigenvalue weighted by molar-refractivity contribution is -0.0353. The zero-order valence-corrected chi connectivity index (χ0v) is 14.0. The number of likely N-dealkylation sites (tertiary alicyclic amines) is 1. The number of hydrogen-bond donors (Lipinski definition) is 1. The second-order valence-electron chi connectivity index (χ2n) is 6.05. The van der Waals surface area contributed by atoms with E-state index in [9.17, 15) is 5.11 Å². The molecule has 0 aromatic heterocycles. The van der Waals surface area contributed by atoms with E-state index in [-0.39, 0.29) is 5.54 Å². The SMILES string of the molecule is CCC(C)(C(O)c1ccc(Cl)c(OC)c1)N1CCCCC1. The quantitative estimate of drug-likeness (QED) is 0.891. The summed E-state index contributed by atoms with van der Waals surface area (Å²) in [5.74, 6) is 0.616. The van der Waals surface area contributed by atoms with Crippen molar-refractivity contribution >= 4 is 11.6 Å². The largest absolute Gasteiger partial charge is 0.495 e. The van der Waals surface area contributed by atoms with Gasteiger partial charge >= 0.3 is 0 Å². The van der Waals surface area contributed by atoms with Crippen molar-refractivity contribution in [3.8, 4) is 5.75 Å². The Morgan fingerprint density at radius 2 is 2.00 bits per heavy atom. The fourth-order valence-corrected chi connectivity index (χ4v) is 3.39. The van der Waals surface area contributed by atoms with E-state index in [2.05, 4.69) is 18.7 Å². The Labute approximate surface area is 132 Å². The molecule has 21 heavy (non-hydrogen) atoms. The van der Waals surface area contributed by atoms with Crippen molar-refractivity contribution < 1.29 is 9.84 Å². The third-order valence-electron chi connectivity index (χ3n) is 4.87. The summed E-state index contributed by atoms with van der Waals surface area (Å²) >= 11 is 6.08. The van der Waals surface area contributed by atoms with Gasteiger partial charge in [-0.15, -0.1) is 0 Å². The van der Waals surface area contributed by atoms with E-state index in [1.165, 1.54) is 19.3 Å². The van der Waals surface area contributed by atoms with Crippen LogP contribution in [0.3, 0.4) is 0 Å². The topological polar surface area (TPSA) is 32.7 Å². The smallest absolute Gasteiger partial charge is 0.137 e. The van der Waals surface area contributed by atoms with Crippen molar-refractivity contribution in [1.29, 1.82) is 0 Å². The molecule has 1 saturated heterocycles. The molecule has 4 heteroatoms. The van der Waals surface area contributed by atoms with E-state index in [4.69, 9.17) is 16.3 Å². The molecule has 0 bridgehead atoms. The summed E-state index contributed by atoms with van der Waals surface area (Å²) in [5, 5.41) is 11.5. The summed E-state index contributed by atoms with van der Waals surface area (Å²) in [6, 6.07) is 5.55. The first-order valence-corrected chi connectivity index (χ1v) is 8.17. The van der Waals surface area contributed by atoms with Gasteiger partial charge in [0.15, 0.2) is 0 Å². The number of ether oxygens (including phenoxy) is 1. The van der Waals surface area contributed by atoms with Gasteiger partial charge in [0.2, 0.25) is 0 Å². The average molecular weight is 312 g/mol. The molecule has 1 aliphatic rings. The van der Waals surface area contributed by atoms with Crippen LogP contribution in [0.15, 0.2) is 18.2 Å². The van der Waals surface area contributed by atoms with Crippen molar-refractivity contribution in [1.82, 2.24) is 4.90 Å². The first-order valence-electron chi connectivity index (χ1n) is 7.79. The van der Waals surface area contributed by atoms with Crippen LogP contribution in [0, 0.1) is 0 Å². The number of piperidine rings is 1. The maximum absolute atomic E-state index is 11.0. The van der Waals surface area contributed by atoms with E-state index < -0.39 is 6.10 Å². The Morgan fingerprint density at radius 1 is 1.33 bits per heavy atom. The van der Waals surface area contributed by atoms with Crippen LogP contribution in [0.4, 0.5) is 0 Å². The molecule has 1 aromatic rings. The lowest BCUT2D eigenvalue weighted by atomic mass is 9.84. The van der Waals surface area contributed by atoms with E-state index in [1.54, 1.807) is 13.2 Å². The van der Waals surface area contributed by atoms with Gasteiger partial charge in [0, 0.05) is 5.54 Å². The third kappa shape index (κ3) is 3.36. The van der Waals surface area contributed by atoms with Crippen molar-refractivity contribution in [2.45, 2.75) is 51.2 Å². The molecule has 1 heterocycles. The van der Waals surface area contributed by atoms with Crippen LogP contribution < -0.4 is 4.74 Å². The van der Waals surface area contributed by atoms with Crippen LogP contribution in [0.25, 0.3) is 0 Å². The number of rotatable bonds is 5. The highest BCUT2D eigenvalue weighted by Crippen LogP contribution is 2.38. The molecule has 3 nitrogen and oxygen atoms in total. The molecular weight excluding hydrogens is 286 g/mol. The number of aliphatic hydroxyl groups is 1. The normalized spacial score (nSPS) is 20.8. The van der Waals surface area contributed by atoms with Crippen molar-refractivity contribution in [2.75, 3.05) is 20.2 Å². The van der Waals surface area contributed by atoms with Crippen LogP contribution in [-0.2, 0) is 0 Å². The summed E-state index contributed by atoms with van der Waals surface area (Å²) in [6.45, 7) is 6.42. The average Bonchev–Trinajstić information content (AvgIpc) is 2.54. The van der Waals surface area contributed by atoms with Crippen LogP contribution in [-0.4, -0.2) is 35.7 Å². The predicted molar refractivity (Wildman–Crippen MR) is 87.1 cm³/mol. The lowest BCUT2D eigenvalue weighted by Gasteiger charge is -2.46. The summed E-state index contributed by atoms with van der Waals surface area (Å²) in [7, 11) is 1.60. The molecule has 0 radical (unpaired) electrons. The molecular formula is C17H26ClNO2. The number of benzene rings is 1. The van der Waals surface area contributed by atoms with Gasteiger partial charge in [0.1, 0.15) is 5.75 Å². The summed E-state index contributed by atoms with van der Waals surface area (Å²) in [4.78, 5) is 2.43. The van der Waals surface area contributed by atoms with Gasteiger partial charge in [-0.05, 0) is 57.0 Å². The molecule has 118 valence electrons. The Hall–Kier alpha value is -0.770. The second kappa shape index (κ2) is 6.99. The Morgan fingerprint density at radius 3 is 2.57 bits per heavy atom. The number of aliphatic hydroxyl groups excluding tert-OH is 1. The molecule has 0 spiro atoms. The van der Waals surface area contributed by atoms with E-state index in [0.717, 1.165) is 25.1 Å². The van der Waals surface area contributed by atoms with Crippen LogP contribution >= 0.6 is 11.6 Å². The van der Waals surface area contributed by atoms with E-state index >= 15 is 0 Å². The van der Waals surface area contributed by atoms with Gasteiger partial charge in [-0.3, -0.25) is 4.90 Å². The number of methoxy groups -OCH3 is 1. The molecule has 1 aliphatic heterocycles. The molecule has 1 N–H and O–H groups in total.